The number of hydrogen-bond donors (Lipinski definition) is 2. The third kappa shape index (κ3) is 3.16. The van der Waals surface area contributed by atoms with E-state index in [0.717, 1.165) is 0 Å². The van der Waals surface area contributed by atoms with Crippen LogP contribution in [0.5, 0.6) is 11.5 Å². The van der Waals surface area contributed by atoms with Crippen molar-refractivity contribution in [1.29, 1.82) is 0 Å². The maximum Gasteiger partial charge on any atom is 0.162 e. The standard InChI is InChI=1S/C14H12BrClFNO2/c1-20-12-6-9(16)5-8(14(12)19)7-18-13-10(15)3-2-4-11(13)17/h2-6,18-19H,7H2,1H3. The number of phenolic OH excluding ortho intramolecular Hbond substituents is 1. The molecule has 0 atom stereocenters. The molecule has 0 unspecified atom stereocenters. The molecule has 0 saturated carbocycles. The van der Waals surface area contributed by atoms with Crippen LogP contribution < -0.4 is 10.1 Å². The summed E-state index contributed by atoms with van der Waals surface area (Å²) < 4.78 is 19.3. The molecular formula is C14H12BrClFNO2. The highest BCUT2D eigenvalue weighted by atomic mass is 79.9. The Kier molecular flexibility index (Phi) is 4.73. The average molecular weight is 361 g/mol. The van der Waals surface area contributed by atoms with Crippen molar-refractivity contribution < 1.29 is 14.2 Å². The molecule has 2 rings (SSSR count). The second kappa shape index (κ2) is 6.33. The minimum atomic E-state index is -0.382. The first-order valence-electron chi connectivity index (χ1n) is 5.76. The van der Waals surface area contributed by atoms with Crippen LogP contribution in [0.4, 0.5) is 10.1 Å². The molecule has 2 aromatic rings. The molecule has 0 radical (unpaired) electrons. The first-order chi connectivity index (χ1) is 9.52. The fourth-order valence-corrected chi connectivity index (χ4v) is 2.48. The van der Waals surface area contributed by atoms with Gasteiger partial charge in [0.2, 0.25) is 0 Å². The lowest BCUT2D eigenvalue weighted by Gasteiger charge is -2.13. The Morgan fingerprint density at radius 2 is 2.15 bits per heavy atom. The van der Waals surface area contributed by atoms with Crippen LogP contribution in [0.2, 0.25) is 5.02 Å². The van der Waals surface area contributed by atoms with E-state index in [4.69, 9.17) is 16.3 Å². The second-order valence-electron chi connectivity index (χ2n) is 4.07. The molecule has 0 aliphatic rings. The van der Waals surface area contributed by atoms with Crippen molar-refractivity contribution in [2.45, 2.75) is 6.54 Å². The molecule has 6 heteroatoms. The topological polar surface area (TPSA) is 41.5 Å². The van der Waals surface area contributed by atoms with Gasteiger partial charge in [-0.15, -0.1) is 0 Å². The number of phenols is 1. The van der Waals surface area contributed by atoms with Gasteiger partial charge >= 0.3 is 0 Å². The lowest BCUT2D eigenvalue weighted by atomic mass is 10.1. The summed E-state index contributed by atoms with van der Waals surface area (Å²) in [4.78, 5) is 0. The zero-order chi connectivity index (χ0) is 14.7. The van der Waals surface area contributed by atoms with Gasteiger partial charge in [-0.3, -0.25) is 0 Å². The van der Waals surface area contributed by atoms with E-state index in [1.807, 2.05) is 0 Å². The molecule has 0 aliphatic carbocycles. The summed E-state index contributed by atoms with van der Waals surface area (Å²) in [5.41, 5.74) is 0.843. The van der Waals surface area contributed by atoms with Crippen molar-refractivity contribution in [3.05, 3.63) is 51.2 Å². The number of ether oxygens (including phenoxy) is 1. The number of aromatic hydroxyl groups is 1. The molecule has 0 aliphatic heterocycles. The van der Waals surface area contributed by atoms with Crippen LogP contribution >= 0.6 is 27.5 Å². The number of nitrogens with one attached hydrogen (secondary N) is 1. The summed E-state index contributed by atoms with van der Waals surface area (Å²) in [5.74, 6) is -0.119. The van der Waals surface area contributed by atoms with Crippen LogP contribution in [-0.4, -0.2) is 12.2 Å². The molecule has 3 nitrogen and oxygen atoms in total. The van der Waals surface area contributed by atoms with E-state index < -0.39 is 0 Å². The first-order valence-corrected chi connectivity index (χ1v) is 6.93. The van der Waals surface area contributed by atoms with E-state index in [1.54, 1.807) is 18.2 Å². The van der Waals surface area contributed by atoms with Gasteiger partial charge in [-0.2, -0.15) is 0 Å². The molecule has 0 fully saturated rings. The summed E-state index contributed by atoms with van der Waals surface area (Å²) in [5, 5.41) is 13.4. The maximum atomic E-state index is 13.7. The number of benzene rings is 2. The van der Waals surface area contributed by atoms with Crippen LogP contribution in [0.25, 0.3) is 0 Å². The fourth-order valence-electron chi connectivity index (χ4n) is 1.77. The minimum absolute atomic E-state index is 0.0168. The monoisotopic (exact) mass is 359 g/mol. The van der Waals surface area contributed by atoms with Crippen molar-refractivity contribution in [2.75, 3.05) is 12.4 Å². The molecule has 106 valence electrons. The Hall–Kier alpha value is -1.46. The Labute approximate surface area is 129 Å². The van der Waals surface area contributed by atoms with Gasteiger partial charge in [-0.05, 0) is 34.1 Å². The van der Waals surface area contributed by atoms with Crippen molar-refractivity contribution in [3.63, 3.8) is 0 Å². The Bertz CT molecular complexity index is 617. The molecule has 2 N–H and O–H groups in total. The van der Waals surface area contributed by atoms with E-state index >= 15 is 0 Å². The number of rotatable bonds is 4. The lowest BCUT2D eigenvalue weighted by molar-refractivity contribution is 0.371. The molecule has 0 saturated heterocycles. The normalized spacial score (nSPS) is 10.4. The molecule has 0 bridgehead atoms. The second-order valence-corrected chi connectivity index (χ2v) is 5.36. The number of methoxy groups -OCH3 is 1. The van der Waals surface area contributed by atoms with E-state index in [0.29, 0.717) is 20.7 Å². The van der Waals surface area contributed by atoms with Crippen molar-refractivity contribution in [1.82, 2.24) is 0 Å². The van der Waals surface area contributed by atoms with Gasteiger partial charge in [-0.1, -0.05) is 17.7 Å². The molecule has 0 heterocycles. The van der Waals surface area contributed by atoms with Crippen LogP contribution in [0.1, 0.15) is 5.56 Å². The molecular weight excluding hydrogens is 349 g/mol. The van der Waals surface area contributed by atoms with Crippen LogP contribution in [0, 0.1) is 5.82 Å². The van der Waals surface area contributed by atoms with Crippen LogP contribution in [0.15, 0.2) is 34.8 Å². The van der Waals surface area contributed by atoms with Gasteiger partial charge in [0, 0.05) is 27.7 Å². The molecule has 0 amide bonds. The predicted molar refractivity (Wildman–Crippen MR) is 81.1 cm³/mol. The zero-order valence-electron chi connectivity index (χ0n) is 10.6. The van der Waals surface area contributed by atoms with Gasteiger partial charge in [0.25, 0.3) is 0 Å². The van der Waals surface area contributed by atoms with Gasteiger partial charge in [0.1, 0.15) is 5.82 Å². The number of anilines is 1. The quantitative estimate of drug-likeness (QED) is 0.839. The van der Waals surface area contributed by atoms with E-state index in [9.17, 15) is 9.50 Å². The van der Waals surface area contributed by atoms with E-state index in [1.165, 1.54) is 19.2 Å². The molecule has 2 aromatic carbocycles. The van der Waals surface area contributed by atoms with Crippen molar-refractivity contribution >= 4 is 33.2 Å². The largest absolute Gasteiger partial charge is 0.504 e. The van der Waals surface area contributed by atoms with Gasteiger partial charge in [0.05, 0.1) is 12.8 Å². The van der Waals surface area contributed by atoms with Crippen LogP contribution in [0.3, 0.4) is 0 Å². The minimum Gasteiger partial charge on any atom is -0.504 e. The zero-order valence-corrected chi connectivity index (χ0v) is 12.9. The third-order valence-corrected chi connectivity index (χ3v) is 3.64. The SMILES string of the molecule is COc1cc(Cl)cc(CNc2c(F)cccc2Br)c1O. The summed E-state index contributed by atoms with van der Waals surface area (Å²) in [6.07, 6.45) is 0. The summed E-state index contributed by atoms with van der Waals surface area (Å²) in [6, 6.07) is 7.79. The summed E-state index contributed by atoms with van der Waals surface area (Å²) >= 11 is 9.21. The molecule has 0 spiro atoms. The maximum absolute atomic E-state index is 13.7. The van der Waals surface area contributed by atoms with E-state index in [-0.39, 0.29) is 23.9 Å². The highest BCUT2D eigenvalue weighted by Gasteiger charge is 2.12. The lowest BCUT2D eigenvalue weighted by Crippen LogP contribution is -2.03. The Morgan fingerprint density at radius 3 is 2.80 bits per heavy atom. The number of halogens is 3. The highest BCUT2D eigenvalue weighted by Crippen LogP contribution is 2.34. The third-order valence-electron chi connectivity index (χ3n) is 2.76. The fraction of sp³-hybridized carbons (Fsp3) is 0.143. The molecule has 0 aromatic heterocycles. The Morgan fingerprint density at radius 1 is 1.40 bits per heavy atom. The van der Waals surface area contributed by atoms with E-state index in [2.05, 4.69) is 21.2 Å². The predicted octanol–water partition coefficient (Wildman–Crippen LogP) is 4.57. The van der Waals surface area contributed by atoms with Gasteiger partial charge in [0.15, 0.2) is 11.5 Å². The van der Waals surface area contributed by atoms with Crippen LogP contribution in [-0.2, 0) is 6.54 Å². The van der Waals surface area contributed by atoms with Gasteiger partial charge < -0.3 is 15.2 Å². The van der Waals surface area contributed by atoms with Gasteiger partial charge in [-0.25, -0.2) is 4.39 Å². The number of para-hydroxylation sites is 1. The number of hydrogen-bond acceptors (Lipinski definition) is 3. The molecule has 20 heavy (non-hydrogen) atoms. The first kappa shape index (κ1) is 14.9. The van der Waals surface area contributed by atoms with Crippen molar-refractivity contribution in [2.24, 2.45) is 0 Å². The summed E-state index contributed by atoms with van der Waals surface area (Å²) in [7, 11) is 1.44. The average Bonchev–Trinajstić information content (AvgIpc) is 2.41. The Balaban J connectivity index is 2.25. The van der Waals surface area contributed by atoms with Crippen molar-refractivity contribution in [3.8, 4) is 11.5 Å². The smallest absolute Gasteiger partial charge is 0.162 e. The summed E-state index contributed by atoms with van der Waals surface area (Å²) in [6.45, 7) is 0.211. The highest BCUT2D eigenvalue weighted by molar-refractivity contribution is 9.10.